The van der Waals surface area contributed by atoms with Crippen LogP contribution < -0.4 is 10.1 Å². The zero-order valence-electron chi connectivity index (χ0n) is 12.9. The summed E-state index contributed by atoms with van der Waals surface area (Å²) in [4.78, 5) is 18.9. The molecule has 8 heteroatoms. The van der Waals surface area contributed by atoms with E-state index in [-0.39, 0.29) is 18.2 Å². The number of fused-ring (bicyclic) bond motifs is 1. The molecule has 0 saturated heterocycles. The van der Waals surface area contributed by atoms with Gasteiger partial charge in [-0.1, -0.05) is 12.1 Å². The summed E-state index contributed by atoms with van der Waals surface area (Å²) in [6, 6.07) is 10.3. The van der Waals surface area contributed by atoms with Crippen LogP contribution in [0.4, 0.5) is 18.9 Å². The predicted octanol–water partition coefficient (Wildman–Crippen LogP) is 3.69. The molecule has 0 bridgehead atoms. The van der Waals surface area contributed by atoms with Crippen LogP contribution in [-0.4, -0.2) is 28.7 Å². The molecule has 0 saturated carbocycles. The van der Waals surface area contributed by atoms with Crippen LogP contribution in [0.1, 0.15) is 5.56 Å². The van der Waals surface area contributed by atoms with Gasteiger partial charge in [0.05, 0.1) is 18.3 Å². The summed E-state index contributed by atoms with van der Waals surface area (Å²) >= 11 is 0. The molecule has 5 nitrogen and oxygen atoms in total. The molecule has 0 aliphatic rings. The number of hydrogen-bond acceptors (Lipinski definition) is 3. The third kappa shape index (κ3) is 4.72. The average Bonchev–Trinajstić information content (AvgIpc) is 3.01. The zero-order chi connectivity index (χ0) is 17.9. The largest absolute Gasteiger partial charge is 0.468 e. The van der Waals surface area contributed by atoms with Crippen LogP contribution in [0.25, 0.3) is 10.9 Å². The number of ether oxygens (including phenoxy) is 1. The van der Waals surface area contributed by atoms with E-state index in [1.54, 1.807) is 0 Å². The molecule has 0 aliphatic carbocycles. The summed E-state index contributed by atoms with van der Waals surface area (Å²) in [6.45, 7) is -1.41. The van der Waals surface area contributed by atoms with E-state index in [1.165, 1.54) is 18.3 Å². The van der Waals surface area contributed by atoms with Crippen molar-refractivity contribution in [2.45, 2.75) is 12.6 Å². The van der Waals surface area contributed by atoms with Gasteiger partial charge in [0.1, 0.15) is 0 Å². The van der Waals surface area contributed by atoms with Gasteiger partial charge in [-0.05, 0) is 29.1 Å². The fourth-order valence-corrected chi connectivity index (χ4v) is 2.29. The first-order valence-electron chi connectivity index (χ1n) is 7.40. The van der Waals surface area contributed by atoms with Crippen LogP contribution in [0.2, 0.25) is 0 Å². The van der Waals surface area contributed by atoms with Crippen LogP contribution >= 0.6 is 0 Å². The monoisotopic (exact) mass is 349 g/mol. The second-order valence-electron chi connectivity index (χ2n) is 5.41. The number of pyridine rings is 1. The quantitative estimate of drug-likeness (QED) is 0.738. The molecule has 1 aromatic carbocycles. The molecule has 3 rings (SSSR count). The van der Waals surface area contributed by atoms with Crippen LogP contribution in [-0.2, 0) is 11.2 Å². The van der Waals surface area contributed by atoms with E-state index in [2.05, 4.69) is 20.0 Å². The zero-order valence-corrected chi connectivity index (χ0v) is 12.9. The second kappa shape index (κ2) is 6.84. The molecule has 0 aliphatic heterocycles. The highest BCUT2D eigenvalue weighted by Gasteiger charge is 2.28. The van der Waals surface area contributed by atoms with E-state index >= 15 is 0 Å². The molecule has 0 unspecified atom stereocenters. The van der Waals surface area contributed by atoms with Crippen LogP contribution in [0.15, 0.2) is 48.8 Å². The van der Waals surface area contributed by atoms with E-state index in [0.29, 0.717) is 5.69 Å². The second-order valence-corrected chi connectivity index (χ2v) is 5.41. The summed E-state index contributed by atoms with van der Waals surface area (Å²) < 4.78 is 40.7. The fraction of sp³-hybridized carbons (Fsp3) is 0.176. The number of aromatic nitrogens is 2. The molecule has 0 spiro atoms. The lowest BCUT2D eigenvalue weighted by atomic mass is 10.1. The van der Waals surface area contributed by atoms with Crippen LogP contribution in [0.3, 0.4) is 0 Å². The number of H-pyrrole nitrogens is 1. The number of anilines is 1. The standard InChI is InChI=1S/C17H14F3N3O2/c18-17(19,20)10-25-16-4-3-13(9-22-16)23-15(24)8-11-1-2-12-5-6-21-14(12)7-11/h1-7,9,21H,8,10H2,(H,23,24). The lowest BCUT2D eigenvalue weighted by molar-refractivity contribution is -0.154. The number of aromatic amines is 1. The van der Waals surface area contributed by atoms with E-state index in [4.69, 9.17) is 0 Å². The van der Waals surface area contributed by atoms with Crippen molar-refractivity contribution in [2.24, 2.45) is 0 Å². The van der Waals surface area contributed by atoms with Gasteiger partial charge >= 0.3 is 6.18 Å². The smallest absolute Gasteiger partial charge is 0.422 e. The molecule has 0 fully saturated rings. The predicted molar refractivity (Wildman–Crippen MR) is 86.4 cm³/mol. The average molecular weight is 349 g/mol. The SMILES string of the molecule is O=C(Cc1ccc2cc[nH]c2c1)Nc1ccc(OCC(F)(F)F)nc1. The molecule has 2 N–H and O–H groups in total. The topological polar surface area (TPSA) is 67.0 Å². The van der Waals surface area contributed by atoms with Gasteiger partial charge < -0.3 is 15.0 Å². The highest BCUT2D eigenvalue weighted by Crippen LogP contribution is 2.18. The van der Waals surface area contributed by atoms with Crippen molar-refractivity contribution >= 4 is 22.5 Å². The van der Waals surface area contributed by atoms with Gasteiger partial charge in [0.2, 0.25) is 11.8 Å². The first-order chi connectivity index (χ1) is 11.9. The number of benzene rings is 1. The maximum Gasteiger partial charge on any atom is 0.422 e. The number of carbonyl (C=O) groups is 1. The third-order valence-corrected chi connectivity index (χ3v) is 3.39. The van der Waals surface area contributed by atoms with E-state index in [9.17, 15) is 18.0 Å². The van der Waals surface area contributed by atoms with Crippen molar-refractivity contribution in [3.63, 3.8) is 0 Å². The highest BCUT2D eigenvalue weighted by atomic mass is 19.4. The number of halogens is 3. The number of nitrogens with one attached hydrogen (secondary N) is 2. The fourth-order valence-electron chi connectivity index (χ4n) is 2.29. The van der Waals surface area contributed by atoms with Crippen molar-refractivity contribution in [3.8, 4) is 5.88 Å². The highest BCUT2D eigenvalue weighted by molar-refractivity contribution is 5.92. The first-order valence-corrected chi connectivity index (χ1v) is 7.40. The lowest BCUT2D eigenvalue weighted by Gasteiger charge is -2.09. The minimum atomic E-state index is -4.42. The molecule has 2 aromatic heterocycles. The Kier molecular flexibility index (Phi) is 4.60. The number of amides is 1. The maximum atomic E-state index is 12.1. The van der Waals surface area contributed by atoms with Crippen molar-refractivity contribution in [1.29, 1.82) is 0 Å². The lowest BCUT2D eigenvalue weighted by Crippen LogP contribution is -2.19. The van der Waals surface area contributed by atoms with Crippen LogP contribution in [0.5, 0.6) is 5.88 Å². The Hall–Kier alpha value is -3.03. The number of nitrogens with zero attached hydrogens (tertiary/aromatic N) is 1. The molecule has 2 heterocycles. The number of carbonyl (C=O) groups excluding carboxylic acids is 1. The van der Waals surface area contributed by atoms with Gasteiger partial charge in [0.15, 0.2) is 6.61 Å². The normalized spacial score (nSPS) is 11.5. The van der Waals surface area contributed by atoms with Crippen molar-refractivity contribution in [2.75, 3.05) is 11.9 Å². The summed E-state index contributed by atoms with van der Waals surface area (Å²) in [5, 5.41) is 3.70. The van der Waals surface area contributed by atoms with Gasteiger partial charge in [-0.3, -0.25) is 4.79 Å². The molecule has 3 aromatic rings. The van der Waals surface area contributed by atoms with Gasteiger partial charge in [-0.2, -0.15) is 13.2 Å². The molecule has 0 radical (unpaired) electrons. The third-order valence-electron chi connectivity index (χ3n) is 3.39. The maximum absolute atomic E-state index is 12.1. The van der Waals surface area contributed by atoms with Crippen molar-refractivity contribution < 1.29 is 22.7 Å². The molecular weight excluding hydrogens is 335 g/mol. The van der Waals surface area contributed by atoms with Crippen molar-refractivity contribution in [1.82, 2.24) is 9.97 Å². The summed E-state index contributed by atoms with van der Waals surface area (Å²) in [5.41, 5.74) is 2.16. The van der Waals surface area contributed by atoms with E-state index in [0.717, 1.165) is 16.5 Å². The van der Waals surface area contributed by atoms with Gasteiger partial charge in [0, 0.05) is 17.8 Å². The minimum absolute atomic E-state index is 0.160. The van der Waals surface area contributed by atoms with Crippen LogP contribution in [0, 0.1) is 0 Å². The molecular formula is C17H14F3N3O2. The summed E-state index contributed by atoms with van der Waals surface area (Å²) in [7, 11) is 0. The Morgan fingerprint density at radius 3 is 2.76 bits per heavy atom. The van der Waals surface area contributed by atoms with Crippen molar-refractivity contribution in [3.05, 3.63) is 54.4 Å². The number of alkyl halides is 3. The van der Waals surface area contributed by atoms with Gasteiger partial charge in [0.25, 0.3) is 0 Å². The molecule has 0 atom stereocenters. The first kappa shape index (κ1) is 16.8. The number of rotatable bonds is 5. The molecule has 1 amide bonds. The number of hydrogen-bond donors (Lipinski definition) is 2. The Morgan fingerprint density at radius 1 is 1.20 bits per heavy atom. The Bertz CT molecular complexity index is 873. The Balaban J connectivity index is 1.57. The minimum Gasteiger partial charge on any atom is -0.468 e. The summed E-state index contributed by atoms with van der Waals surface area (Å²) in [6.07, 6.45) is -1.18. The van der Waals surface area contributed by atoms with E-state index < -0.39 is 12.8 Å². The Labute approximate surface area is 140 Å². The van der Waals surface area contributed by atoms with Gasteiger partial charge in [-0.25, -0.2) is 4.98 Å². The Morgan fingerprint density at radius 2 is 2.04 bits per heavy atom. The molecule has 25 heavy (non-hydrogen) atoms. The van der Waals surface area contributed by atoms with Gasteiger partial charge in [-0.15, -0.1) is 0 Å². The van der Waals surface area contributed by atoms with E-state index in [1.807, 2.05) is 30.5 Å². The molecule has 130 valence electrons. The summed E-state index contributed by atoms with van der Waals surface area (Å²) in [5.74, 6) is -0.413.